The molecule has 3 N–H and O–H groups in total. The van der Waals surface area contributed by atoms with Crippen molar-refractivity contribution >= 4 is 36.0 Å². The Morgan fingerprint density at radius 2 is 2.25 bits per heavy atom. The maximum atomic E-state index is 11.6. The molecular weight excluding hydrogens is 250 g/mol. The van der Waals surface area contributed by atoms with Crippen LogP contribution in [0.2, 0.25) is 0 Å². The van der Waals surface area contributed by atoms with E-state index in [1.807, 2.05) is 11.8 Å². The Balaban J connectivity index is 0.00000225. The van der Waals surface area contributed by atoms with Gasteiger partial charge in [0.05, 0.1) is 13.1 Å². The van der Waals surface area contributed by atoms with Crippen molar-refractivity contribution in [1.29, 1.82) is 0 Å². The first-order chi connectivity index (χ1) is 7.13. The summed E-state index contributed by atoms with van der Waals surface area (Å²) in [6.45, 7) is 3.63. The lowest BCUT2D eigenvalue weighted by Gasteiger charge is -2.30. The quantitative estimate of drug-likeness (QED) is 0.719. The number of nitrogens with two attached hydrogens (primary N) is 1. The van der Waals surface area contributed by atoms with Gasteiger partial charge in [0.2, 0.25) is 11.8 Å². The Morgan fingerprint density at radius 1 is 1.56 bits per heavy atom. The van der Waals surface area contributed by atoms with Crippen LogP contribution in [0.25, 0.3) is 0 Å². The van der Waals surface area contributed by atoms with Crippen molar-refractivity contribution in [3.63, 3.8) is 0 Å². The van der Waals surface area contributed by atoms with Gasteiger partial charge in [-0.3, -0.25) is 9.59 Å². The molecule has 1 saturated heterocycles. The molecule has 1 atom stereocenters. The Hall–Kier alpha value is -0.460. The number of hydrogen-bond donors (Lipinski definition) is 2. The first kappa shape index (κ1) is 15.5. The van der Waals surface area contributed by atoms with Crippen LogP contribution in [0.1, 0.15) is 6.92 Å². The number of hydrogen-bond acceptors (Lipinski definition) is 4. The molecule has 0 aliphatic carbocycles. The molecule has 0 aromatic heterocycles. The van der Waals surface area contributed by atoms with Gasteiger partial charge in [-0.15, -0.1) is 12.4 Å². The van der Waals surface area contributed by atoms with Crippen molar-refractivity contribution in [3.05, 3.63) is 0 Å². The molecule has 0 saturated carbocycles. The van der Waals surface area contributed by atoms with Gasteiger partial charge in [0.15, 0.2) is 0 Å². The molecule has 1 fully saturated rings. The zero-order chi connectivity index (χ0) is 11.3. The summed E-state index contributed by atoms with van der Waals surface area (Å²) >= 11 is 1.87. The van der Waals surface area contributed by atoms with Gasteiger partial charge >= 0.3 is 0 Å². The average Bonchev–Trinajstić information content (AvgIpc) is 2.25. The van der Waals surface area contributed by atoms with Gasteiger partial charge < -0.3 is 16.0 Å². The van der Waals surface area contributed by atoms with E-state index in [4.69, 9.17) is 5.73 Å². The van der Waals surface area contributed by atoms with Gasteiger partial charge in [-0.05, 0) is 0 Å². The summed E-state index contributed by atoms with van der Waals surface area (Å²) in [4.78, 5) is 24.3. The number of amides is 2. The van der Waals surface area contributed by atoms with Crippen molar-refractivity contribution in [3.8, 4) is 0 Å². The van der Waals surface area contributed by atoms with Gasteiger partial charge in [0, 0.05) is 24.1 Å². The first-order valence-corrected chi connectivity index (χ1v) is 6.04. The molecule has 1 aliphatic rings. The molecule has 94 valence electrons. The number of carbonyl (C=O) groups is 2. The molecule has 0 radical (unpaired) electrons. The maximum Gasteiger partial charge on any atom is 0.242 e. The second kappa shape index (κ2) is 7.76. The third-order valence-corrected chi connectivity index (χ3v) is 3.35. The third-order valence-electron chi connectivity index (χ3n) is 2.22. The fourth-order valence-corrected chi connectivity index (χ4v) is 2.42. The van der Waals surface area contributed by atoms with Crippen LogP contribution in [0.15, 0.2) is 0 Å². The smallest absolute Gasteiger partial charge is 0.242 e. The predicted molar refractivity (Wildman–Crippen MR) is 67.8 cm³/mol. The fourth-order valence-electron chi connectivity index (χ4n) is 1.40. The van der Waals surface area contributed by atoms with Crippen LogP contribution in [0, 0.1) is 0 Å². The van der Waals surface area contributed by atoms with Crippen LogP contribution in [-0.2, 0) is 9.59 Å². The van der Waals surface area contributed by atoms with E-state index in [1.165, 1.54) is 0 Å². The van der Waals surface area contributed by atoms with Gasteiger partial charge in [0.1, 0.15) is 0 Å². The Kier molecular flexibility index (Phi) is 7.53. The lowest BCUT2D eigenvalue weighted by atomic mass is 10.3. The van der Waals surface area contributed by atoms with Crippen LogP contribution < -0.4 is 11.1 Å². The van der Waals surface area contributed by atoms with Gasteiger partial charge in [-0.25, -0.2) is 0 Å². The predicted octanol–water partition coefficient (Wildman–Crippen LogP) is -0.553. The van der Waals surface area contributed by atoms with Crippen LogP contribution >= 0.6 is 24.2 Å². The average molecular weight is 268 g/mol. The van der Waals surface area contributed by atoms with Crippen molar-refractivity contribution in [2.24, 2.45) is 5.73 Å². The zero-order valence-corrected chi connectivity index (χ0v) is 10.9. The molecule has 0 spiro atoms. The summed E-state index contributed by atoms with van der Waals surface area (Å²) in [5.41, 5.74) is 5.12. The normalized spacial score (nSPS) is 19.9. The first-order valence-electron chi connectivity index (χ1n) is 4.99. The molecule has 1 unspecified atom stereocenters. The minimum absolute atomic E-state index is 0. The minimum atomic E-state index is -0.289. The second-order valence-electron chi connectivity index (χ2n) is 3.50. The van der Waals surface area contributed by atoms with Crippen LogP contribution in [0.3, 0.4) is 0 Å². The van der Waals surface area contributed by atoms with Crippen LogP contribution in [0.4, 0.5) is 0 Å². The monoisotopic (exact) mass is 267 g/mol. The highest BCUT2D eigenvalue weighted by molar-refractivity contribution is 7.99. The fraction of sp³-hybridized carbons (Fsp3) is 0.778. The van der Waals surface area contributed by atoms with Crippen molar-refractivity contribution in [1.82, 2.24) is 10.2 Å². The van der Waals surface area contributed by atoms with Crippen LogP contribution in [0.5, 0.6) is 0 Å². The highest BCUT2D eigenvalue weighted by atomic mass is 35.5. The van der Waals surface area contributed by atoms with Gasteiger partial charge in [-0.2, -0.15) is 11.8 Å². The number of rotatable bonds is 3. The lowest BCUT2D eigenvalue weighted by molar-refractivity contribution is -0.132. The summed E-state index contributed by atoms with van der Waals surface area (Å²) in [6.07, 6.45) is 0. The topological polar surface area (TPSA) is 75.4 Å². The number of nitrogens with one attached hydrogen (secondary N) is 1. The summed E-state index contributed by atoms with van der Waals surface area (Å²) in [7, 11) is 0. The standard InChI is InChI=1S/C9H17N3O2S.ClH/c1-7-6-12(2-3-15-7)9(14)5-11-8(13)4-10;/h7H,2-6,10H2,1H3,(H,11,13);1H. The minimum Gasteiger partial charge on any atom is -0.346 e. The van der Waals surface area contributed by atoms with Crippen molar-refractivity contribution in [2.45, 2.75) is 12.2 Å². The van der Waals surface area contributed by atoms with Crippen LogP contribution in [-0.4, -0.2) is 53.9 Å². The number of nitrogens with zero attached hydrogens (tertiary/aromatic N) is 1. The Morgan fingerprint density at radius 3 is 2.81 bits per heavy atom. The molecule has 2 amide bonds. The second-order valence-corrected chi connectivity index (χ2v) is 5.05. The molecule has 1 heterocycles. The summed E-state index contributed by atoms with van der Waals surface area (Å²) in [6, 6.07) is 0. The summed E-state index contributed by atoms with van der Waals surface area (Å²) in [5, 5.41) is 2.96. The highest BCUT2D eigenvalue weighted by Gasteiger charge is 2.20. The molecule has 0 aromatic carbocycles. The number of carbonyl (C=O) groups excluding carboxylic acids is 2. The number of thioether (sulfide) groups is 1. The molecule has 7 heteroatoms. The van der Waals surface area contributed by atoms with E-state index in [1.54, 1.807) is 4.90 Å². The molecule has 1 rings (SSSR count). The van der Waals surface area contributed by atoms with E-state index in [0.717, 1.165) is 18.8 Å². The number of halogens is 1. The van der Waals surface area contributed by atoms with E-state index in [-0.39, 0.29) is 37.3 Å². The van der Waals surface area contributed by atoms with E-state index >= 15 is 0 Å². The molecule has 16 heavy (non-hydrogen) atoms. The van der Waals surface area contributed by atoms with Crippen molar-refractivity contribution in [2.75, 3.05) is 31.9 Å². The Labute approximate surface area is 106 Å². The maximum absolute atomic E-state index is 11.6. The van der Waals surface area contributed by atoms with E-state index in [0.29, 0.717) is 5.25 Å². The summed E-state index contributed by atoms with van der Waals surface area (Å²) < 4.78 is 0. The molecule has 0 bridgehead atoms. The molecule has 0 aromatic rings. The zero-order valence-electron chi connectivity index (χ0n) is 9.27. The summed E-state index contributed by atoms with van der Waals surface area (Å²) in [5.74, 6) is 0.657. The van der Waals surface area contributed by atoms with Gasteiger partial charge in [-0.1, -0.05) is 6.92 Å². The SMILES string of the molecule is CC1CN(C(=O)CNC(=O)CN)CCS1.Cl. The lowest BCUT2D eigenvalue weighted by Crippen LogP contribution is -2.46. The molecule has 1 aliphatic heterocycles. The third kappa shape index (κ3) is 5.05. The van der Waals surface area contributed by atoms with E-state index < -0.39 is 0 Å². The van der Waals surface area contributed by atoms with Crippen molar-refractivity contribution < 1.29 is 9.59 Å². The van der Waals surface area contributed by atoms with E-state index in [2.05, 4.69) is 12.2 Å². The molecule has 5 nitrogen and oxygen atoms in total. The van der Waals surface area contributed by atoms with Gasteiger partial charge in [0.25, 0.3) is 0 Å². The highest BCUT2D eigenvalue weighted by Crippen LogP contribution is 2.17. The molecular formula is C9H18ClN3O2S. The largest absolute Gasteiger partial charge is 0.346 e. The van der Waals surface area contributed by atoms with E-state index in [9.17, 15) is 9.59 Å². The Bertz CT molecular complexity index is 253.